The molecule has 0 aliphatic rings. The first-order chi connectivity index (χ1) is 11.7. The molecule has 0 heterocycles. The minimum atomic E-state index is -0.132. The maximum atomic E-state index is 12.8. The van der Waals surface area contributed by atoms with Crippen molar-refractivity contribution in [3.8, 4) is 0 Å². The van der Waals surface area contributed by atoms with Crippen molar-refractivity contribution >= 4 is 39.2 Å². The van der Waals surface area contributed by atoms with E-state index in [9.17, 15) is 4.79 Å². The van der Waals surface area contributed by atoms with Crippen LogP contribution in [-0.2, 0) is 4.79 Å². The molecule has 3 heteroatoms. The summed E-state index contributed by atoms with van der Waals surface area (Å²) in [6, 6.07) is 27.1. The standard InChI is InChI=1S/C21H16BrNO/c22-18-11-13-19(14-12-18)23-21(24)20(17-9-5-2-6-10-17)15-16-7-3-1-4-8-16/h1-15H,(H,23,24). The van der Waals surface area contributed by atoms with Crippen LogP contribution < -0.4 is 5.32 Å². The molecule has 0 unspecified atom stereocenters. The van der Waals surface area contributed by atoms with Gasteiger partial charge in [0.15, 0.2) is 0 Å². The molecule has 0 atom stereocenters. The highest BCUT2D eigenvalue weighted by molar-refractivity contribution is 9.10. The molecular formula is C21H16BrNO. The minimum absolute atomic E-state index is 0.132. The van der Waals surface area contributed by atoms with Gasteiger partial charge in [0, 0.05) is 15.7 Å². The maximum Gasteiger partial charge on any atom is 0.256 e. The summed E-state index contributed by atoms with van der Waals surface area (Å²) in [4.78, 5) is 12.8. The van der Waals surface area contributed by atoms with E-state index in [1.807, 2.05) is 91.0 Å². The third-order valence-corrected chi connectivity index (χ3v) is 4.07. The predicted octanol–water partition coefficient (Wildman–Crippen LogP) is 5.63. The highest BCUT2D eigenvalue weighted by Crippen LogP contribution is 2.21. The van der Waals surface area contributed by atoms with E-state index in [4.69, 9.17) is 0 Å². The van der Waals surface area contributed by atoms with E-state index in [-0.39, 0.29) is 5.91 Å². The quantitative estimate of drug-likeness (QED) is 0.463. The summed E-state index contributed by atoms with van der Waals surface area (Å²) in [5, 5.41) is 2.96. The molecule has 0 saturated carbocycles. The summed E-state index contributed by atoms with van der Waals surface area (Å²) in [5.74, 6) is -0.132. The van der Waals surface area contributed by atoms with Gasteiger partial charge in [0.2, 0.25) is 0 Å². The van der Waals surface area contributed by atoms with Crippen LogP contribution in [0.4, 0.5) is 5.69 Å². The average Bonchev–Trinajstić information content (AvgIpc) is 2.63. The van der Waals surface area contributed by atoms with Crippen LogP contribution in [0.15, 0.2) is 89.4 Å². The predicted molar refractivity (Wildman–Crippen MR) is 104 cm³/mol. The molecule has 3 aromatic carbocycles. The highest BCUT2D eigenvalue weighted by atomic mass is 79.9. The zero-order chi connectivity index (χ0) is 16.8. The third-order valence-electron chi connectivity index (χ3n) is 3.54. The summed E-state index contributed by atoms with van der Waals surface area (Å²) < 4.78 is 0.976. The lowest BCUT2D eigenvalue weighted by Gasteiger charge is -2.10. The summed E-state index contributed by atoms with van der Waals surface area (Å²) >= 11 is 3.40. The topological polar surface area (TPSA) is 29.1 Å². The largest absolute Gasteiger partial charge is 0.322 e. The molecule has 0 radical (unpaired) electrons. The Morgan fingerprint density at radius 2 is 1.38 bits per heavy atom. The van der Waals surface area contributed by atoms with Gasteiger partial charge in [-0.1, -0.05) is 76.6 Å². The number of nitrogens with one attached hydrogen (secondary N) is 1. The van der Waals surface area contributed by atoms with Gasteiger partial charge in [-0.3, -0.25) is 4.79 Å². The Morgan fingerprint density at radius 3 is 2.00 bits per heavy atom. The number of anilines is 1. The van der Waals surface area contributed by atoms with E-state index in [1.165, 1.54) is 0 Å². The van der Waals surface area contributed by atoms with E-state index in [0.29, 0.717) is 5.57 Å². The summed E-state index contributed by atoms with van der Waals surface area (Å²) in [7, 11) is 0. The molecule has 118 valence electrons. The minimum Gasteiger partial charge on any atom is -0.322 e. The first-order valence-electron chi connectivity index (χ1n) is 7.61. The molecular weight excluding hydrogens is 362 g/mol. The zero-order valence-corrected chi connectivity index (χ0v) is 14.5. The van der Waals surface area contributed by atoms with Gasteiger partial charge in [-0.15, -0.1) is 0 Å². The summed E-state index contributed by atoms with van der Waals surface area (Å²) in [6.45, 7) is 0. The van der Waals surface area contributed by atoms with Gasteiger partial charge in [0.25, 0.3) is 5.91 Å². The molecule has 2 nitrogen and oxygen atoms in total. The molecule has 1 N–H and O–H groups in total. The number of rotatable bonds is 4. The number of hydrogen-bond donors (Lipinski definition) is 1. The number of hydrogen-bond acceptors (Lipinski definition) is 1. The van der Waals surface area contributed by atoms with Crippen LogP contribution >= 0.6 is 15.9 Å². The van der Waals surface area contributed by atoms with Gasteiger partial charge < -0.3 is 5.32 Å². The Kier molecular flexibility index (Phi) is 5.24. The lowest BCUT2D eigenvalue weighted by Crippen LogP contribution is -2.13. The Labute approximate surface area is 150 Å². The number of carbonyl (C=O) groups is 1. The number of carbonyl (C=O) groups excluding carboxylic acids is 1. The van der Waals surface area contributed by atoms with Crippen molar-refractivity contribution in [2.75, 3.05) is 5.32 Å². The molecule has 24 heavy (non-hydrogen) atoms. The van der Waals surface area contributed by atoms with Gasteiger partial charge in [0.1, 0.15) is 0 Å². The molecule has 3 rings (SSSR count). The maximum absolute atomic E-state index is 12.8. The average molecular weight is 378 g/mol. The Morgan fingerprint density at radius 1 is 0.792 bits per heavy atom. The van der Waals surface area contributed by atoms with Crippen molar-refractivity contribution in [1.82, 2.24) is 0 Å². The Bertz CT molecular complexity index is 840. The third kappa shape index (κ3) is 4.21. The van der Waals surface area contributed by atoms with Crippen molar-refractivity contribution < 1.29 is 4.79 Å². The molecule has 0 aromatic heterocycles. The number of benzene rings is 3. The van der Waals surface area contributed by atoms with Crippen molar-refractivity contribution in [3.63, 3.8) is 0 Å². The van der Waals surface area contributed by atoms with Crippen molar-refractivity contribution in [3.05, 3.63) is 101 Å². The summed E-state index contributed by atoms with van der Waals surface area (Å²) in [5.41, 5.74) is 3.26. The van der Waals surface area contributed by atoms with Gasteiger partial charge in [-0.25, -0.2) is 0 Å². The van der Waals surface area contributed by atoms with E-state index in [0.717, 1.165) is 21.3 Å². The van der Waals surface area contributed by atoms with Crippen LogP contribution in [0, 0.1) is 0 Å². The molecule has 1 amide bonds. The fourth-order valence-corrected chi connectivity index (χ4v) is 2.61. The van der Waals surface area contributed by atoms with E-state index in [2.05, 4.69) is 21.2 Å². The Balaban J connectivity index is 1.94. The monoisotopic (exact) mass is 377 g/mol. The first-order valence-corrected chi connectivity index (χ1v) is 8.41. The fraction of sp³-hybridized carbons (Fsp3) is 0. The molecule has 0 spiro atoms. The van der Waals surface area contributed by atoms with E-state index < -0.39 is 0 Å². The number of halogens is 1. The van der Waals surface area contributed by atoms with Crippen LogP contribution in [-0.4, -0.2) is 5.91 Å². The van der Waals surface area contributed by atoms with Crippen molar-refractivity contribution in [2.24, 2.45) is 0 Å². The normalized spacial score (nSPS) is 11.1. The molecule has 0 saturated heterocycles. The molecule has 3 aromatic rings. The summed E-state index contributed by atoms with van der Waals surface area (Å²) in [6.07, 6.45) is 1.91. The van der Waals surface area contributed by atoms with Crippen LogP contribution in [0.3, 0.4) is 0 Å². The van der Waals surface area contributed by atoms with Crippen LogP contribution in [0.25, 0.3) is 11.6 Å². The van der Waals surface area contributed by atoms with Crippen molar-refractivity contribution in [2.45, 2.75) is 0 Å². The number of amides is 1. The van der Waals surface area contributed by atoms with Crippen LogP contribution in [0.1, 0.15) is 11.1 Å². The Hall–Kier alpha value is -2.65. The second-order valence-electron chi connectivity index (χ2n) is 5.30. The molecule has 0 bridgehead atoms. The first kappa shape index (κ1) is 16.2. The van der Waals surface area contributed by atoms with Gasteiger partial charge in [-0.2, -0.15) is 0 Å². The SMILES string of the molecule is O=C(Nc1ccc(Br)cc1)C(=Cc1ccccc1)c1ccccc1. The van der Waals surface area contributed by atoms with Gasteiger partial charge in [0.05, 0.1) is 0 Å². The van der Waals surface area contributed by atoms with E-state index in [1.54, 1.807) is 0 Å². The molecule has 0 fully saturated rings. The zero-order valence-electron chi connectivity index (χ0n) is 12.9. The van der Waals surface area contributed by atoms with Gasteiger partial charge in [-0.05, 0) is 41.5 Å². The van der Waals surface area contributed by atoms with Gasteiger partial charge >= 0.3 is 0 Å². The fourth-order valence-electron chi connectivity index (χ4n) is 2.35. The van der Waals surface area contributed by atoms with Crippen molar-refractivity contribution in [1.29, 1.82) is 0 Å². The second kappa shape index (κ2) is 7.75. The second-order valence-corrected chi connectivity index (χ2v) is 6.21. The lowest BCUT2D eigenvalue weighted by atomic mass is 10.0. The highest BCUT2D eigenvalue weighted by Gasteiger charge is 2.12. The lowest BCUT2D eigenvalue weighted by molar-refractivity contribution is -0.111. The van der Waals surface area contributed by atoms with E-state index >= 15 is 0 Å². The molecule has 0 aliphatic heterocycles. The smallest absolute Gasteiger partial charge is 0.256 e. The molecule has 0 aliphatic carbocycles. The van der Waals surface area contributed by atoms with Crippen LogP contribution in [0.5, 0.6) is 0 Å². The van der Waals surface area contributed by atoms with Crippen LogP contribution in [0.2, 0.25) is 0 Å².